The van der Waals surface area contributed by atoms with E-state index in [1.54, 1.807) is 0 Å². The van der Waals surface area contributed by atoms with Crippen LogP contribution in [-0.4, -0.2) is 40.7 Å². The highest BCUT2D eigenvalue weighted by Crippen LogP contribution is 2.32. The number of rotatable bonds is 4. The molecule has 0 bridgehead atoms. The number of fused-ring (bicyclic) bond motifs is 1. The molecule has 0 unspecified atom stereocenters. The number of halogens is 3. The molecule has 1 aromatic heterocycles. The Morgan fingerprint density at radius 1 is 1.27 bits per heavy atom. The molecule has 176 valence electrons. The number of carbonyl (C=O) groups excluding carboxylic acids is 2. The van der Waals surface area contributed by atoms with Crippen LogP contribution in [0.5, 0.6) is 5.75 Å². The molecule has 2 aliphatic rings. The smallest absolute Gasteiger partial charge is 0.406 e. The number of nitrogens with one attached hydrogen (secondary N) is 3. The monoisotopic (exact) mass is 465 g/mol. The summed E-state index contributed by atoms with van der Waals surface area (Å²) in [5.41, 5.74) is -0.525. The molecular weight excluding hydrogens is 443 g/mol. The van der Waals surface area contributed by atoms with E-state index < -0.39 is 35.4 Å². The van der Waals surface area contributed by atoms with Gasteiger partial charge in [-0.3, -0.25) is 19.4 Å². The maximum Gasteiger partial charge on any atom is 0.573 e. The van der Waals surface area contributed by atoms with E-state index in [-0.39, 0.29) is 29.5 Å². The van der Waals surface area contributed by atoms with E-state index >= 15 is 0 Å². The van der Waals surface area contributed by atoms with Gasteiger partial charge in [-0.1, -0.05) is 6.07 Å². The summed E-state index contributed by atoms with van der Waals surface area (Å²) in [6.45, 7) is 2.72. The van der Waals surface area contributed by atoms with Crippen LogP contribution in [0.2, 0.25) is 0 Å². The van der Waals surface area contributed by atoms with Gasteiger partial charge in [0.25, 0.3) is 5.56 Å². The Morgan fingerprint density at radius 3 is 2.79 bits per heavy atom. The van der Waals surface area contributed by atoms with Crippen molar-refractivity contribution in [2.75, 3.05) is 22.1 Å². The van der Waals surface area contributed by atoms with Gasteiger partial charge in [0.2, 0.25) is 17.8 Å². The summed E-state index contributed by atoms with van der Waals surface area (Å²) in [5.74, 6) is -2.55. The van der Waals surface area contributed by atoms with Gasteiger partial charge < -0.3 is 20.3 Å². The van der Waals surface area contributed by atoms with E-state index in [1.807, 2.05) is 11.8 Å². The number of ether oxygens (including phenoxy) is 1. The molecule has 2 amide bonds. The Labute approximate surface area is 186 Å². The van der Waals surface area contributed by atoms with E-state index in [1.165, 1.54) is 12.1 Å². The lowest BCUT2D eigenvalue weighted by Gasteiger charge is -2.34. The van der Waals surface area contributed by atoms with Crippen molar-refractivity contribution >= 4 is 29.3 Å². The van der Waals surface area contributed by atoms with Crippen molar-refractivity contribution in [3.63, 3.8) is 0 Å². The molecule has 9 nitrogen and oxygen atoms in total. The van der Waals surface area contributed by atoms with Gasteiger partial charge in [-0.15, -0.1) is 13.2 Å². The fourth-order valence-corrected chi connectivity index (χ4v) is 4.13. The average Bonchev–Trinajstić information content (AvgIpc) is 2.72. The van der Waals surface area contributed by atoms with Crippen LogP contribution < -0.4 is 25.8 Å². The number of hydrogen-bond acceptors (Lipinski definition) is 6. The normalized spacial score (nSPS) is 20.6. The van der Waals surface area contributed by atoms with Gasteiger partial charge in [0.05, 0.1) is 11.5 Å². The quantitative estimate of drug-likeness (QED) is 0.639. The molecule has 0 radical (unpaired) electrons. The Kier molecular flexibility index (Phi) is 6.00. The highest BCUT2D eigenvalue weighted by Gasteiger charge is 2.36. The van der Waals surface area contributed by atoms with Crippen LogP contribution in [0.25, 0.3) is 0 Å². The van der Waals surface area contributed by atoms with Crippen molar-refractivity contribution in [1.29, 1.82) is 0 Å². The molecule has 2 aromatic rings. The molecule has 0 spiro atoms. The molecule has 0 aliphatic carbocycles. The zero-order valence-electron chi connectivity index (χ0n) is 17.7. The molecule has 2 atom stereocenters. The first kappa shape index (κ1) is 22.6. The Hall–Kier alpha value is -3.57. The largest absolute Gasteiger partial charge is 0.573 e. The summed E-state index contributed by atoms with van der Waals surface area (Å²) >= 11 is 0. The summed E-state index contributed by atoms with van der Waals surface area (Å²) < 4.78 is 41.3. The van der Waals surface area contributed by atoms with E-state index in [2.05, 4.69) is 25.3 Å². The molecule has 4 rings (SSSR count). The lowest BCUT2D eigenvalue weighted by molar-refractivity contribution is -0.274. The van der Waals surface area contributed by atoms with E-state index in [0.29, 0.717) is 12.5 Å². The molecular formula is C21H22F3N5O4. The predicted octanol–water partition coefficient (Wildman–Crippen LogP) is 3.11. The minimum atomic E-state index is -4.88. The zero-order valence-corrected chi connectivity index (χ0v) is 17.7. The number of H-pyrrole nitrogens is 1. The van der Waals surface area contributed by atoms with Crippen LogP contribution in [0.4, 0.5) is 30.6 Å². The molecule has 1 fully saturated rings. The number of alkyl halides is 3. The van der Waals surface area contributed by atoms with Gasteiger partial charge in [-0.25, -0.2) is 0 Å². The van der Waals surface area contributed by atoms with Gasteiger partial charge in [0.1, 0.15) is 11.6 Å². The second-order valence-electron chi connectivity index (χ2n) is 8.06. The molecule has 12 heteroatoms. The van der Waals surface area contributed by atoms with Gasteiger partial charge in [0, 0.05) is 30.8 Å². The van der Waals surface area contributed by atoms with Crippen LogP contribution in [-0.2, 0) is 9.59 Å². The minimum Gasteiger partial charge on any atom is -0.406 e. The van der Waals surface area contributed by atoms with Gasteiger partial charge in [-0.05, 0) is 38.3 Å². The first-order valence-electron chi connectivity index (χ1n) is 10.5. The van der Waals surface area contributed by atoms with Crippen LogP contribution >= 0.6 is 0 Å². The SMILES string of the molecule is C[C@H]1CCCCN1c1nc2c(c(=O)[nH]1)[C@@H](C(=O)Nc1cccc(OC(F)(F)F)c1)CC(=O)N2. The number of benzene rings is 1. The maximum absolute atomic E-state index is 12.9. The summed E-state index contributed by atoms with van der Waals surface area (Å²) in [6.07, 6.45) is -2.23. The average molecular weight is 465 g/mol. The summed E-state index contributed by atoms with van der Waals surface area (Å²) in [6, 6.07) is 4.89. The summed E-state index contributed by atoms with van der Waals surface area (Å²) in [4.78, 5) is 47.2. The van der Waals surface area contributed by atoms with Gasteiger partial charge >= 0.3 is 6.36 Å². The first-order chi connectivity index (χ1) is 15.6. The number of nitrogens with zero attached hydrogens (tertiary/aromatic N) is 2. The Balaban J connectivity index is 1.60. The Morgan fingerprint density at radius 2 is 2.06 bits per heavy atom. The van der Waals surface area contributed by atoms with E-state index in [9.17, 15) is 27.6 Å². The standard InChI is InChI=1S/C21H22F3N5O4/c1-11-5-2-3-8-29(11)20-27-17-16(19(32)28-20)14(10-15(30)26-17)18(31)25-12-6-4-7-13(9-12)33-21(22,23)24/h4,6-7,9,11,14H,2-3,5,8,10H2,1H3,(H,25,31)(H2,26,27,28,30,32)/t11-,14-/m0/s1. The highest BCUT2D eigenvalue weighted by atomic mass is 19.4. The lowest BCUT2D eigenvalue weighted by Crippen LogP contribution is -2.42. The topological polar surface area (TPSA) is 116 Å². The summed E-state index contributed by atoms with van der Waals surface area (Å²) in [5, 5.41) is 5.01. The van der Waals surface area contributed by atoms with Crippen molar-refractivity contribution in [2.24, 2.45) is 0 Å². The van der Waals surface area contributed by atoms with Crippen molar-refractivity contribution < 1.29 is 27.5 Å². The third-order valence-corrected chi connectivity index (χ3v) is 5.67. The van der Waals surface area contributed by atoms with Gasteiger partial charge in [-0.2, -0.15) is 4.98 Å². The molecule has 0 saturated carbocycles. The second kappa shape index (κ2) is 8.75. The lowest BCUT2D eigenvalue weighted by atomic mass is 9.92. The van der Waals surface area contributed by atoms with Crippen molar-refractivity contribution in [2.45, 2.75) is 50.9 Å². The predicted molar refractivity (Wildman–Crippen MR) is 113 cm³/mol. The van der Waals surface area contributed by atoms with Crippen molar-refractivity contribution in [3.8, 4) is 5.75 Å². The number of piperidine rings is 1. The number of anilines is 3. The third kappa shape index (κ3) is 5.10. The van der Waals surface area contributed by atoms with Crippen molar-refractivity contribution in [1.82, 2.24) is 9.97 Å². The van der Waals surface area contributed by atoms with Crippen LogP contribution in [0.1, 0.15) is 44.1 Å². The number of carbonyl (C=O) groups is 2. The van der Waals surface area contributed by atoms with Crippen LogP contribution in [0.3, 0.4) is 0 Å². The van der Waals surface area contributed by atoms with E-state index in [4.69, 9.17) is 0 Å². The highest BCUT2D eigenvalue weighted by molar-refractivity contribution is 6.04. The minimum absolute atomic E-state index is 0.00297. The van der Waals surface area contributed by atoms with Crippen LogP contribution in [0, 0.1) is 0 Å². The fourth-order valence-electron chi connectivity index (χ4n) is 4.13. The molecule has 2 aliphatic heterocycles. The molecule has 3 heterocycles. The number of hydrogen-bond donors (Lipinski definition) is 3. The van der Waals surface area contributed by atoms with Gasteiger partial charge in [0.15, 0.2) is 0 Å². The maximum atomic E-state index is 12.9. The molecule has 33 heavy (non-hydrogen) atoms. The molecule has 1 saturated heterocycles. The molecule has 1 aromatic carbocycles. The first-order valence-corrected chi connectivity index (χ1v) is 10.5. The fraction of sp³-hybridized carbons (Fsp3) is 0.429. The molecule has 3 N–H and O–H groups in total. The third-order valence-electron chi connectivity index (χ3n) is 5.67. The Bertz CT molecular complexity index is 1130. The second-order valence-corrected chi connectivity index (χ2v) is 8.06. The summed E-state index contributed by atoms with van der Waals surface area (Å²) in [7, 11) is 0. The number of amides is 2. The number of aromatic amines is 1. The zero-order chi connectivity index (χ0) is 23.8. The van der Waals surface area contributed by atoms with E-state index in [0.717, 1.165) is 31.4 Å². The number of aromatic nitrogens is 2. The van der Waals surface area contributed by atoms with Crippen LogP contribution in [0.15, 0.2) is 29.1 Å². The van der Waals surface area contributed by atoms with Crippen molar-refractivity contribution in [3.05, 3.63) is 40.2 Å².